The molecular weight excluding hydrogens is 374 g/mol. The maximum absolute atomic E-state index is 11.8. The molecule has 0 saturated heterocycles. The van der Waals surface area contributed by atoms with Crippen LogP contribution in [0.4, 0.5) is 17.2 Å². The molecule has 1 heterocycles. The van der Waals surface area contributed by atoms with E-state index in [1.807, 2.05) is 61.5 Å². The molecular formula is C21H23N3O3S. The smallest absolute Gasteiger partial charge is 0.232 e. The molecule has 3 rings (SSSR count). The van der Waals surface area contributed by atoms with Crippen molar-refractivity contribution in [3.8, 4) is 5.75 Å². The Morgan fingerprint density at radius 1 is 0.929 bits per heavy atom. The summed E-state index contributed by atoms with van der Waals surface area (Å²) in [7, 11) is -3.31. The Bertz CT molecular complexity index is 974. The van der Waals surface area contributed by atoms with Gasteiger partial charge in [0.1, 0.15) is 18.2 Å². The summed E-state index contributed by atoms with van der Waals surface area (Å²) in [6, 6.07) is 21.0. The highest BCUT2D eigenvalue weighted by atomic mass is 32.2. The standard InChI is InChI=1S/C21H23N3O3S/c1-2-14-28(25,26)24-19-10-13-21(22-15-19)23-18-8-11-20(12-9-18)27-16-17-6-4-3-5-7-17/h3-13,15,24H,2,14,16H2,1H3,(H,22,23). The molecule has 0 radical (unpaired) electrons. The van der Waals surface area contributed by atoms with Crippen LogP contribution in [0.5, 0.6) is 5.75 Å². The zero-order valence-electron chi connectivity index (χ0n) is 15.6. The number of rotatable bonds is 9. The summed E-state index contributed by atoms with van der Waals surface area (Å²) in [4.78, 5) is 4.25. The molecule has 0 spiro atoms. The fourth-order valence-corrected chi connectivity index (χ4v) is 3.67. The molecule has 6 nitrogen and oxygen atoms in total. The third-order valence-electron chi connectivity index (χ3n) is 3.88. The highest BCUT2D eigenvalue weighted by Gasteiger charge is 2.08. The van der Waals surface area contributed by atoms with E-state index >= 15 is 0 Å². The maximum Gasteiger partial charge on any atom is 0.232 e. The van der Waals surface area contributed by atoms with Crippen LogP contribution < -0.4 is 14.8 Å². The fourth-order valence-electron chi connectivity index (χ4n) is 2.55. The second-order valence-electron chi connectivity index (χ2n) is 6.28. The number of hydrogen-bond acceptors (Lipinski definition) is 5. The van der Waals surface area contributed by atoms with E-state index in [0.29, 0.717) is 24.5 Å². The first kappa shape index (κ1) is 19.7. The van der Waals surface area contributed by atoms with Crippen molar-refractivity contribution in [1.29, 1.82) is 0 Å². The number of anilines is 3. The third kappa shape index (κ3) is 5.99. The molecule has 0 aliphatic carbocycles. The van der Waals surface area contributed by atoms with Crippen molar-refractivity contribution in [1.82, 2.24) is 4.98 Å². The molecule has 0 unspecified atom stereocenters. The highest BCUT2D eigenvalue weighted by molar-refractivity contribution is 7.92. The molecule has 1 aromatic heterocycles. The first-order chi connectivity index (χ1) is 13.5. The Balaban J connectivity index is 1.55. The van der Waals surface area contributed by atoms with Crippen molar-refractivity contribution >= 4 is 27.2 Å². The van der Waals surface area contributed by atoms with Gasteiger partial charge in [-0.1, -0.05) is 37.3 Å². The summed E-state index contributed by atoms with van der Waals surface area (Å²) in [6.45, 7) is 2.34. The molecule has 0 aliphatic heterocycles. The van der Waals surface area contributed by atoms with Crippen LogP contribution in [0.3, 0.4) is 0 Å². The van der Waals surface area contributed by atoms with Gasteiger partial charge in [-0.3, -0.25) is 4.72 Å². The fraction of sp³-hybridized carbons (Fsp3) is 0.190. The number of aromatic nitrogens is 1. The van der Waals surface area contributed by atoms with Crippen molar-refractivity contribution in [2.75, 3.05) is 15.8 Å². The van der Waals surface area contributed by atoms with Crippen molar-refractivity contribution in [3.05, 3.63) is 78.5 Å². The van der Waals surface area contributed by atoms with Crippen molar-refractivity contribution in [2.45, 2.75) is 20.0 Å². The first-order valence-electron chi connectivity index (χ1n) is 9.04. The van der Waals surface area contributed by atoms with Gasteiger partial charge in [0.25, 0.3) is 0 Å². The molecule has 3 aromatic rings. The van der Waals surface area contributed by atoms with E-state index in [1.165, 1.54) is 6.20 Å². The first-order valence-corrected chi connectivity index (χ1v) is 10.7. The van der Waals surface area contributed by atoms with Crippen LogP contribution in [0.25, 0.3) is 0 Å². The lowest BCUT2D eigenvalue weighted by Gasteiger charge is -2.10. The topological polar surface area (TPSA) is 80.3 Å². The minimum atomic E-state index is -3.31. The van der Waals surface area contributed by atoms with Crippen LogP contribution in [0.15, 0.2) is 72.9 Å². The number of pyridine rings is 1. The Morgan fingerprint density at radius 2 is 1.64 bits per heavy atom. The zero-order chi connectivity index (χ0) is 19.8. The minimum Gasteiger partial charge on any atom is -0.489 e. The van der Waals surface area contributed by atoms with E-state index in [4.69, 9.17) is 4.74 Å². The van der Waals surface area contributed by atoms with Crippen molar-refractivity contribution < 1.29 is 13.2 Å². The lowest BCUT2D eigenvalue weighted by atomic mass is 10.2. The van der Waals surface area contributed by atoms with Gasteiger partial charge in [-0.15, -0.1) is 0 Å². The number of nitrogens with one attached hydrogen (secondary N) is 2. The van der Waals surface area contributed by atoms with Crippen LogP contribution in [0.1, 0.15) is 18.9 Å². The monoisotopic (exact) mass is 397 g/mol. The van der Waals surface area contributed by atoms with Crippen LogP contribution in [-0.4, -0.2) is 19.2 Å². The van der Waals surface area contributed by atoms with E-state index < -0.39 is 10.0 Å². The van der Waals surface area contributed by atoms with Crippen LogP contribution in [-0.2, 0) is 16.6 Å². The summed E-state index contributed by atoms with van der Waals surface area (Å²) in [5, 5.41) is 3.18. The van der Waals surface area contributed by atoms with Gasteiger partial charge >= 0.3 is 0 Å². The number of sulfonamides is 1. The second kappa shape index (κ2) is 9.23. The van der Waals surface area contributed by atoms with Crippen LogP contribution >= 0.6 is 0 Å². The molecule has 0 saturated carbocycles. The summed E-state index contributed by atoms with van der Waals surface area (Å²) in [5.41, 5.74) is 2.42. The lowest BCUT2D eigenvalue weighted by molar-refractivity contribution is 0.306. The molecule has 146 valence electrons. The molecule has 0 fully saturated rings. The highest BCUT2D eigenvalue weighted by Crippen LogP contribution is 2.21. The Morgan fingerprint density at radius 3 is 2.29 bits per heavy atom. The molecule has 28 heavy (non-hydrogen) atoms. The number of ether oxygens (including phenoxy) is 1. The molecule has 0 atom stereocenters. The van der Waals surface area contributed by atoms with Gasteiger partial charge in [0.15, 0.2) is 0 Å². The average Bonchev–Trinajstić information content (AvgIpc) is 2.69. The van der Waals surface area contributed by atoms with E-state index in [2.05, 4.69) is 15.0 Å². The van der Waals surface area contributed by atoms with Gasteiger partial charge in [-0.2, -0.15) is 0 Å². The summed E-state index contributed by atoms with van der Waals surface area (Å²) >= 11 is 0. The van der Waals surface area contributed by atoms with E-state index in [9.17, 15) is 8.42 Å². The number of hydrogen-bond donors (Lipinski definition) is 2. The van der Waals surface area contributed by atoms with Crippen LogP contribution in [0.2, 0.25) is 0 Å². The van der Waals surface area contributed by atoms with Crippen LogP contribution in [0, 0.1) is 0 Å². The number of nitrogens with zero attached hydrogens (tertiary/aromatic N) is 1. The van der Waals surface area contributed by atoms with Gasteiger partial charge in [0.2, 0.25) is 10.0 Å². The molecule has 0 bridgehead atoms. The predicted octanol–water partition coefficient (Wildman–Crippen LogP) is 4.56. The van der Waals surface area contributed by atoms with E-state index in [-0.39, 0.29) is 5.75 Å². The summed E-state index contributed by atoms with van der Waals surface area (Å²) in [5.74, 6) is 1.49. The Kier molecular flexibility index (Phi) is 6.49. The Hall–Kier alpha value is -3.06. The molecule has 2 aromatic carbocycles. The van der Waals surface area contributed by atoms with Gasteiger partial charge in [0.05, 0.1) is 17.6 Å². The third-order valence-corrected chi connectivity index (χ3v) is 5.38. The summed E-state index contributed by atoms with van der Waals surface area (Å²) in [6.07, 6.45) is 2.06. The average molecular weight is 398 g/mol. The van der Waals surface area contributed by atoms with E-state index in [0.717, 1.165) is 17.0 Å². The minimum absolute atomic E-state index is 0.0890. The van der Waals surface area contributed by atoms with Gasteiger partial charge in [-0.25, -0.2) is 13.4 Å². The van der Waals surface area contributed by atoms with Gasteiger partial charge < -0.3 is 10.1 Å². The Labute approximate surface area is 165 Å². The van der Waals surface area contributed by atoms with Gasteiger partial charge in [0, 0.05) is 5.69 Å². The number of benzene rings is 2. The zero-order valence-corrected chi connectivity index (χ0v) is 16.4. The summed E-state index contributed by atoms with van der Waals surface area (Å²) < 4.78 is 31.9. The normalized spacial score (nSPS) is 11.0. The molecule has 0 aliphatic rings. The lowest BCUT2D eigenvalue weighted by Crippen LogP contribution is -2.16. The van der Waals surface area contributed by atoms with E-state index in [1.54, 1.807) is 12.1 Å². The van der Waals surface area contributed by atoms with Crippen molar-refractivity contribution in [3.63, 3.8) is 0 Å². The molecule has 2 N–H and O–H groups in total. The molecule has 0 amide bonds. The van der Waals surface area contributed by atoms with Gasteiger partial charge in [-0.05, 0) is 48.4 Å². The molecule has 7 heteroatoms. The SMILES string of the molecule is CCCS(=O)(=O)Nc1ccc(Nc2ccc(OCc3ccccc3)cc2)nc1. The second-order valence-corrected chi connectivity index (χ2v) is 8.12. The largest absolute Gasteiger partial charge is 0.489 e. The van der Waals surface area contributed by atoms with Crippen molar-refractivity contribution in [2.24, 2.45) is 0 Å². The predicted molar refractivity (Wildman–Crippen MR) is 112 cm³/mol. The quantitative estimate of drug-likeness (QED) is 0.553. The maximum atomic E-state index is 11.8.